The topological polar surface area (TPSA) is 57.5 Å². The number of carbonyl (C=O) groups is 1. The second-order valence-electron chi connectivity index (χ2n) is 2.86. The van der Waals surface area contributed by atoms with Crippen LogP contribution >= 0.6 is 0 Å². The highest BCUT2D eigenvalue weighted by Gasteiger charge is 2.21. The van der Waals surface area contributed by atoms with E-state index in [1.54, 1.807) is 6.92 Å². The zero-order valence-electron chi connectivity index (χ0n) is 7.08. The lowest BCUT2D eigenvalue weighted by molar-refractivity contribution is -0.143. The molecule has 2 atom stereocenters. The van der Waals surface area contributed by atoms with Gasteiger partial charge in [-0.05, 0) is 12.3 Å². The number of carboxylic acids is 1. The molecule has 0 saturated heterocycles. The van der Waals surface area contributed by atoms with Crippen molar-refractivity contribution in [1.82, 2.24) is 0 Å². The van der Waals surface area contributed by atoms with Gasteiger partial charge in [-0.2, -0.15) is 0 Å². The van der Waals surface area contributed by atoms with Gasteiger partial charge in [0.2, 0.25) is 0 Å². The third-order valence-corrected chi connectivity index (χ3v) is 1.99. The molecule has 0 aromatic heterocycles. The SMILES string of the molecule is CCCC(CO)C(C)C(=O)O. The van der Waals surface area contributed by atoms with E-state index in [0.717, 1.165) is 12.8 Å². The molecule has 0 spiro atoms. The van der Waals surface area contributed by atoms with Crippen molar-refractivity contribution in [1.29, 1.82) is 0 Å². The summed E-state index contributed by atoms with van der Waals surface area (Å²) in [6.07, 6.45) is 1.70. The highest BCUT2D eigenvalue weighted by atomic mass is 16.4. The third-order valence-electron chi connectivity index (χ3n) is 1.99. The van der Waals surface area contributed by atoms with Crippen molar-refractivity contribution in [3.8, 4) is 0 Å². The first-order chi connectivity index (χ1) is 5.13. The van der Waals surface area contributed by atoms with Crippen LogP contribution in [0.2, 0.25) is 0 Å². The maximum absolute atomic E-state index is 10.5. The molecular formula is C8H16O3. The van der Waals surface area contributed by atoms with Crippen LogP contribution in [-0.2, 0) is 4.79 Å². The molecule has 0 amide bonds. The highest BCUT2D eigenvalue weighted by molar-refractivity contribution is 5.69. The Morgan fingerprint density at radius 3 is 2.36 bits per heavy atom. The molecule has 0 radical (unpaired) electrons. The molecule has 0 heterocycles. The fourth-order valence-electron chi connectivity index (χ4n) is 1.07. The summed E-state index contributed by atoms with van der Waals surface area (Å²) in [7, 11) is 0. The maximum atomic E-state index is 10.5. The number of aliphatic hydroxyl groups excluding tert-OH is 1. The van der Waals surface area contributed by atoms with Crippen molar-refractivity contribution in [3.63, 3.8) is 0 Å². The molecule has 0 aliphatic heterocycles. The minimum absolute atomic E-state index is 0.0265. The molecule has 0 fully saturated rings. The van der Waals surface area contributed by atoms with Gasteiger partial charge in [-0.1, -0.05) is 20.3 Å². The first kappa shape index (κ1) is 10.4. The lowest BCUT2D eigenvalue weighted by Crippen LogP contribution is -2.23. The molecule has 66 valence electrons. The summed E-state index contributed by atoms with van der Waals surface area (Å²) in [5.74, 6) is -1.34. The van der Waals surface area contributed by atoms with Crippen LogP contribution in [-0.4, -0.2) is 22.8 Å². The summed E-state index contributed by atoms with van der Waals surface area (Å²) in [5.41, 5.74) is 0. The van der Waals surface area contributed by atoms with Crippen LogP contribution in [0, 0.1) is 11.8 Å². The van der Waals surface area contributed by atoms with Crippen LogP contribution in [0.15, 0.2) is 0 Å². The van der Waals surface area contributed by atoms with Crippen molar-refractivity contribution < 1.29 is 15.0 Å². The number of aliphatic hydroxyl groups is 1. The Hall–Kier alpha value is -0.570. The van der Waals surface area contributed by atoms with Crippen molar-refractivity contribution in [2.45, 2.75) is 26.7 Å². The molecule has 2 unspecified atom stereocenters. The quantitative estimate of drug-likeness (QED) is 0.633. The molecule has 0 saturated carbocycles. The molecule has 0 aliphatic carbocycles. The molecular weight excluding hydrogens is 144 g/mol. The summed E-state index contributed by atoms with van der Waals surface area (Å²) < 4.78 is 0. The number of carboxylic acid groups (broad SMARTS) is 1. The number of rotatable bonds is 5. The fraction of sp³-hybridized carbons (Fsp3) is 0.875. The Kier molecular flexibility index (Phi) is 4.86. The summed E-state index contributed by atoms with van der Waals surface area (Å²) in [4.78, 5) is 10.5. The van der Waals surface area contributed by atoms with Gasteiger partial charge in [0, 0.05) is 6.61 Å². The van der Waals surface area contributed by atoms with E-state index in [2.05, 4.69) is 0 Å². The van der Waals surface area contributed by atoms with Gasteiger partial charge in [0.1, 0.15) is 0 Å². The molecule has 0 aromatic rings. The van der Waals surface area contributed by atoms with Crippen molar-refractivity contribution in [2.75, 3.05) is 6.61 Å². The number of hydrogen-bond donors (Lipinski definition) is 2. The van der Waals surface area contributed by atoms with Crippen LogP contribution in [0.5, 0.6) is 0 Å². The van der Waals surface area contributed by atoms with E-state index in [1.165, 1.54) is 0 Å². The average molecular weight is 160 g/mol. The van der Waals surface area contributed by atoms with Crippen LogP contribution < -0.4 is 0 Å². The van der Waals surface area contributed by atoms with Gasteiger partial charge < -0.3 is 10.2 Å². The van der Waals surface area contributed by atoms with E-state index in [9.17, 15) is 4.79 Å². The van der Waals surface area contributed by atoms with E-state index < -0.39 is 11.9 Å². The molecule has 2 N–H and O–H groups in total. The second-order valence-corrected chi connectivity index (χ2v) is 2.86. The zero-order chi connectivity index (χ0) is 8.85. The first-order valence-electron chi connectivity index (χ1n) is 3.97. The van der Waals surface area contributed by atoms with Crippen LogP contribution in [0.3, 0.4) is 0 Å². The summed E-state index contributed by atoms with van der Waals surface area (Å²) in [5, 5.41) is 17.4. The summed E-state index contributed by atoms with van der Waals surface area (Å²) in [6, 6.07) is 0. The Morgan fingerprint density at radius 1 is 1.55 bits per heavy atom. The van der Waals surface area contributed by atoms with Gasteiger partial charge in [0.25, 0.3) is 0 Å². The van der Waals surface area contributed by atoms with E-state index in [4.69, 9.17) is 10.2 Å². The van der Waals surface area contributed by atoms with Gasteiger partial charge in [-0.3, -0.25) is 4.79 Å². The zero-order valence-corrected chi connectivity index (χ0v) is 7.08. The van der Waals surface area contributed by atoms with Crippen molar-refractivity contribution in [2.24, 2.45) is 11.8 Å². The van der Waals surface area contributed by atoms with Gasteiger partial charge in [0.05, 0.1) is 5.92 Å². The molecule has 0 rings (SSSR count). The fourth-order valence-corrected chi connectivity index (χ4v) is 1.07. The molecule has 0 aromatic carbocycles. The summed E-state index contributed by atoms with van der Waals surface area (Å²) in [6.45, 7) is 3.59. The largest absolute Gasteiger partial charge is 0.481 e. The Labute approximate surface area is 67.0 Å². The van der Waals surface area contributed by atoms with Gasteiger partial charge >= 0.3 is 5.97 Å². The van der Waals surface area contributed by atoms with Crippen LogP contribution in [0.4, 0.5) is 0 Å². The van der Waals surface area contributed by atoms with Gasteiger partial charge in [-0.15, -0.1) is 0 Å². The molecule has 11 heavy (non-hydrogen) atoms. The molecule has 0 aliphatic rings. The number of aliphatic carboxylic acids is 1. The maximum Gasteiger partial charge on any atom is 0.306 e. The van der Waals surface area contributed by atoms with Crippen LogP contribution in [0.25, 0.3) is 0 Å². The Balaban J connectivity index is 3.91. The van der Waals surface area contributed by atoms with Crippen LogP contribution in [0.1, 0.15) is 26.7 Å². The van der Waals surface area contributed by atoms with E-state index >= 15 is 0 Å². The average Bonchev–Trinajstić information content (AvgIpc) is 1.98. The normalized spacial score (nSPS) is 15.9. The predicted octanol–water partition coefficient (Wildman–Crippen LogP) is 1.12. The van der Waals surface area contributed by atoms with Crippen molar-refractivity contribution in [3.05, 3.63) is 0 Å². The van der Waals surface area contributed by atoms with E-state index in [-0.39, 0.29) is 12.5 Å². The van der Waals surface area contributed by atoms with E-state index in [0.29, 0.717) is 0 Å². The smallest absolute Gasteiger partial charge is 0.306 e. The molecule has 3 heteroatoms. The second kappa shape index (κ2) is 5.13. The van der Waals surface area contributed by atoms with E-state index in [1.807, 2.05) is 6.92 Å². The number of hydrogen-bond acceptors (Lipinski definition) is 2. The Bertz CT molecular complexity index is 123. The molecule has 0 bridgehead atoms. The third kappa shape index (κ3) is 3.37. The predicted molar refractivity (Wildman–Crippen MR) is 42.3 cm³/mol. The highest BCUT2D eigenvalue weighted by Crippen LogP contribution is 2.16. The van der Waals surface area contributed by atoms with Gasteiger partial charge in [0.15, 0.2) is 0 Å². The van der Waals surface area contributed by atoms with Gasteiger partial charge in [-0.25, -0.2) is 0 Å². The summed E-state index contributed by atoms with van der Waals surface area (Å²) >= 11 is 0. The minimum Gasteiger partial charge on any atom is -0.481 e. The lowest BCUT2D eigenvalue weighted by Gasteiger charge is -2.16. The Morgan fingerprint density at radius 2 is 2.09 bits per heavy atom. The standard InChI is InChI=1S/C8H16O3/c1-3-4-7(5-9)6(2)8(10)11/h6-7,9H,3-5H2,1-2H3,(H,10,11). The first-order valence-corrected chi connectivity index (χ1v) is 3.97. The minimum atomic E-state index is -0.822. The molecule has 3 nitrogen and oxygen atoms in total. The monoisotopic (exact) mass is 160 g/mol. The lowest BCUT2D eigenvalue weighted by atomic mass is 9.91. The van der Waals surface area contributed by atoms with Crippen molar-refractivity contribution >= 4 is 5.97 Å².